The molecule has 0 unspecified atom stereocenters. The predicted molar refractivity (Wildman–Crippen MR) is 50.0 cm³/mol. The van der Waals surface area contributed by atoms with Gasteiger partial charge >= 0.3 is 0 Å². The molecule has 0 aromatic heterocycles. The molecule has 0 aliphatic heterocycles. The molecule has 0 amide bonds. The Bertz CT molecular complexity index is 128. The summed E-state index contributed by atoms with van der Waals surface area (Å²) in [5.74, 6) is 1.05. The molecule has 0 heterocycles. The van der Waals surface area contributed by atoms with Crippen molar-refractivity contribution in [3.63, 3.8) is 0 Å². The number of carbonyl (C=O) groups is 1. The Morgan fingerprint density at radius 2 is 2.00 bits per heavy atom. The fourth-order valence-corrected chi connectivity index (χ4v) is 2.60. The van der Waals surface area contributed by atoms with Crippen LogP contribution in [0.4, 0.5) is 0 Å². The largest absolute Gasteiger partial charge is 0.299 e. The first-order chi connectivity index (χ1) is 5.29. The van der Waals surface area contributed by atoms with E-state index in [-0.39, 0.29) is 0 Å². The van der Waals surface area contributed by atoms with Gasteiger partial charge in [0.05, 0.1) is 5.75 Å². The van der Waals surface area contributed by atoms with Crippen molar-refractivity contribution >= 4 is 17.5 Å². The second-order valence-electron chi connectivity index (χ2n) is 3.27. The molecule has 0 saturated heterocycles. The third-order valence-corrected chi connectivity index (χ3v) is 3.59. The normalized spacial score (nSPS) is 20.1. The van der Waals surface area contributed by atoms with Gasteiger partial charge in [0.1, 0.15) is 5.78 Å². The lowest BCUT2D eigenvalue weighted by Gasteiger charge is -2.20. The van der Waals surface area contributed by atoms with Crippen molar-refractivity contribution in [3.8, 4) is 0 Å². The molecule has 1 nitrogen and oxygen atoms in total. The number of carbonyl (C=O) groups excluding carboxylic acids is 1. The molecule has 1 rings (SSSR count). The van der Waals surface area contributed by atoms with Crippen molar-refractivity contribution < 1.29 is 4.79 Å². The van der Waals surface area contributed by atoms with Crippen molar-refractivity contribution in [3.05, 3.63) is 0 Å². The molecule has 0 bridgehead atoms. The number of ketones is 1. The Labute approximate surface area is 72.9 Å². The SMILES string of the molecule is CC(=O)CSC1CCCCC1. The third kappa shape index (κ3) is 3.80. The van der Waals surface area contributed by atoms with Gasteiger partial charge < -0.3 is 0 Å². The maximum Gasteiger partial charge on any atom is 0.139 e. The average molecular weight is 172 g/mol. The van der Waals surface area contributed by atoms with Crippen molar-refractivity contribution in [1.29, 1.82) is 0 Å². The maximum atomic E-state index is 10.7. The van der Waals surface area contributed by atoms with Gasteiger partial charge in [0.2, 0.25) is 0 Å². The molecule has 11 heavy (non-hydrogen) atoms. The molecule has 0 radical (unpaired) electrons. The summed E-state index contributed by atoms with van der Waals surface area (Å²) in [5.41, 5.74) is 0. The highest BCUT2D eigenvalue weighted by Gasteiger charge is 2.13. The minimum absolute atomic E-state index is 0.320. The van der Waals surface area contributed by atoms with Gasteiger partial charge in [-0.05, 0) is 19.8 Å². The highest BCUT2D eigenvalue weighted by Crippen LogP contribution is 2.27. The number of Topliss-reactive ketones (excluding diaryl/α,β-unsaturated/α-hetero) is 1. The van der Waals surface area contributed by atoms with Gasteiger partial charge in [0, 0.05) is 5.25 Å². The maximum absolute atomic E-state index is 10.7. The van der Waals surface area contributed by atoms with Crippen LogP contribution < -0.4 is 0 Å². The quantitative estimate of drug-likeness (QED) is 0.651. The van der Waals surface area contributed by atoms with E-state index < -0.39 is 0 Å². The minimum Gasteiger partial charge on any atom is -0.299 e. The predicted octanol–water partition coefficient (Wildman–Crippen LogP) is 2.64. The number of rotatable bonds is 3. The van der Waals surface area contributed by atoms with Crippen molar-refractivity contribution in [2.75, 3.05) is 5.75 Å². The van der Waals surface area contributed by atoms with Crippen molar-refractivity contribution in [2.24, 2.45) is 0 Å². The summed E-state index contributed by atoms with van der Waals surface area (Å²) in [6.45, 7) is 1.68. The minimum atomic E-state index is 0.320. The molecule has 1 aliphatic rings. The monoisotopic (exact) mass is 172 g/mol. The van der Waals surface area contributed by atoms with Crippen LogP contribution in [-0.2, 0) is 4.79 Å². The van der Waals surface area contributed by atoms with Crippen LogP contribution in [0.3, 0.4) is 0 Å². The van der Waals surface area contributed by atoms with E-state index in [1.807, 2.05) is 11.8 Å². The molecule has 2 heteroatoms. The lowest BCUT2D eigenvalue weighted by atomic mass is 10.0. The first-order valence-electron chi connectivity index (χ1n) is 4.40. The van der Waals surface area contributed by atoms with E-state index >= 15 is 0 Å². The van der Waals surface area contributed by atoms with Crippen LogP contribution >= 0.6 is 11.8 Å². The lowest BCUT2D eigenvalue weighted by molar-refractivity contribution is -0.114. The molecule has 1 saturated carbocycles. The van der Waals surface area contributed by atoms with Gasteiger partial charge in [-0.15, -0.1) is 0 Å². The second-order valence-corrected chi connectivity index (χ2v) is 4.56. The van der Waals surface area contributed by atoms with E-state index in [4.69, 9.17) is 0 Å². The van der Waals surface area contributed by atoms with Crippen molar-refractivity contribution in [1.82, 2.24) is 0 Å². The molecular weight excluding hydrogens is 156 g/mol. The summed E-state index contributed by atoms with van der Waals surface area (Å²) in [7, 11) is 0. The van der Waals surface area contributed by atoms with Crippen LogP contribution in [0.1, 0.15) is 39.0 Å². The first-order valence-corrected chi connectivity index (χ1v) is 5.45. The van der Waals surface area contributed by atoms with E-state index in [9.17, 15) is 4.79 Å². The average Bonchev–Trinajstić information content (AvgIpc) is 2.03. The van der Waals surface area contributed by atoms with Gasteiger partial charge in [-0.3, -0.25) is 4.79 Å². The van der Waals surface area contributed by atoms with Gasteiger partial charge in [-0.2, -0.15) is 11.8 Å². The van der Waals surface area contributed by atoms with Crippen molar-refractivity contribution in [2.45, 2.75) is 44.3 Å². The molecule has 0 aromatic rings. The number of hydrogen-bond acceptors (Lipinski definition) is 2. The van der Waals surface area contributed by atoms with Crippen LogP contribution in [0.2, 0.25) is 0 Å². The van der Waals surface area contributed by atoms with Gasteiger partial charge in [-0.1, -0.05) is 19.3 Å². The van der Waals surface area contributed by atoms with E-state index in [1.54, 1.807) is 6.92 Å². The van der Waals surface area contributed by atoms with Gasteiger partial charge in [0.25, 0.3) is 0 Å². The van der Waals surface area contributed by atoms with Crippen LogP contribution in [-0.4, -0.2) is 16.8 Å². The molecular formula is C9H16OS. The van der Waals surface area contributed by atoms with E-state index in [0.29, 0.717) is 5.78 Å². The summed E-state index contributed by atoms with van der Waals surface area (Å²) in [6, 6.07) is 0. The van der Waals surface area contributed by atoms with Gasteiger partial charge in [-0.25, -0.2) is 0 Å². The Morgan fingerprint density at radius 1 is 1.36 bits per heavy atom. The van der Waals surface area contributed by atoms with E-state index in [2.05, 4.69) is 0 Å². The molecule has 1 fully saturated rings. The highest BCUT2D eigenvalue weighted by atomic mass is 32.2. The Morgan fingerprint density at radius 3 is 2.55 bits per heavy atom. The van der Waals surface area contributed by atoms with E-state index in [0.717, 1.165) is 11.0 Å². The molecule has 0 N–H and O–H groups in total. The van der Waals surface area contributed by atoms with Gasteiger partial charge in [0.15, 0.2) is 0 Å². The molecule has 0 spiro atoms. The fraction of sp³-hybridized carbons (Fsp3) is 0.889. The molecule has 0 aromatic carbocycles. The number of thioether (sulfide) groups is 1. The topological polar surface area (TPSA) is 17.1 Å². The smallest absolute Gasteiger partial charge is 0.139 e. The summed E-state index contributed by atoms with van der Waals surface area (Å²) < 4.78 is 0. The molecule has 1 aliphatic carbocycles. The fourth-order valence-electron chi connectivity index (χ4n) is 1.47. The summed E-state index contributed by atoms with van der Waals surface area (Å²) >= 11 is 1.86. The summed E-state index contributed by atoms with van der Waals surface area (Å²) in [5, 5.41) is 0.785. The van der Waals surface area contributed by atoms with Crippen LogP contribution in [0.5, 0.6) is 0 Å². The van der Waals surface area contributed by atoms with Crippen LogP contribution in [0.15, 0.2) is 0 Å². The zero-order valence-corrected chi connectivity index (χ0v) is 7.95. The van der Waals surface area contributed by atoms with Crippen LogP contribution in [0, 0.1) is 0 Å². The molecule has 0 atom stereocenters. The zero-order chi connectivity index (χ0) is 8.10. The summed E-state index contributed by atoms with van der Waals surface area (Å²) in [6.07, 6.45) is 6.80. The lowest BCUT2D eigenvalue weighted by Crippen LogP contribution is -2.10. The Hall–Kier alpha value is 0.0200. The second kappa shape index (κ2) is 4.81. The Kier molecular flexibility index (Phi) is 3.98. The summed E-state index contributed by atoms with van der Waals surface area (Å²) in [4.78, 5) is 10.7. The first kappa shape index (κ1) is 9.11. The van der Waals surface area contributed by atoms with E-state index in [1.165, 1.54) is 32.1 Å². The third-order valence-electron chi connectivity index (χ3n) is 2.07. The standard InChI is InChI=1S/C9H16OS/c1-8(10)7-11-9-5-3-2-4-6-9/h9H,2-7H2,1H3. The highest BCUT2D eigenvalue weighted by molar-refractivity contribution is 8.00. The zero-order valence-electron chi connectivity index (χ0n) is 7.14. The Balaban J connectivity index is 2.09. The number of hydrogen-bond donors (Lipinski definition) is 0. The van der Waals surface area contributed by atoms with Crippen LogP contribution in [0.25, 0.3) is 0 Å². The molecule has 64 valence electrons.